The standard InChI is InChI=1S/C16H31NO3/c1-3-5-7-9-11-15(18)17-13-14-20-16(19)12-10-8-6-4-2/h3-14H2,1-2H3,(H,17,18). The molecule has 0 saturated carbocycles. The van der Waals surface area contributed by atoms with Crippen molar-refractivity contribution in [3.8, 4) is 0 Å². The van der Waals surface area contributed by atoms with Gasteiger partial charge in [-0.15, -0.1) is 0 Å². The van der Waals surface area contributed by atoms with E-state index >= 15 is 0 Å². The first-order valence-corrected chi connectivity index (χ1v) is 8.13. The van der Waals surface area contributed by atoms with Crippen LogP contribution in [0.4, 0.5) is 0 Å². The highest BCUT2D eigenvalue weighted by atomic mass is 16.5. The van der Waals surface area contributed by atoms with E-state index in [1.54, 1.807) is 0 Å². The van der Waals surface area contributed by atoms with Crippen molar-refractivity contribution in [1.29, 1.82) is 0 Å². The van der Waals surface area contributed by atoms with E-state index in [9.17, 15) is 9.59 Å². The van der Waals surface area contributed by atoms with Crippen molar-refractivity contribution >= 4 is 11.9 Å². The van der Waals surface area contributed by atoms with Gasteiger partial charge in [0.2, 0.25) is 5.91 Å². The van der Waals surface area contributed by atoms with Gasteiger partial charge in [-0.2, -0.15) is 0 Å². The maximum absolute atomic E-state index is 11.4. The summed E-state index contributed by atoms with van der Waals surface area (Å²) < 4.78 is 5.06. The number of esters is 1. The van der Waals surface area contributed by atoms with Gasteiger partial charge in [0.15, 0.2) is 0 Å². The van der Waals surface area contributed by atoms with Gasteiger partial charge in [-0.25, -0.2) is 0 Å². The molecule has 20 heavy (non-hydrogen) atoms. The van der Waals surface area contributed by atoms with Crippen LogP contribution in [0.3, 0.4) is 0 Å². The second-order valence-corrected chi connectivity index (χ2v) is 5.19. The quantitative estimate of drug-likeness (QED) is 0.415. The minimum Gasteiger partial charge on any atom is -0.464 e. The van der Waals surface area contributed by atoms with Crippen molar-refractivity contribution < 1.29 is 14.3 Å². The van der Waals surface area contributed by atoms with E-state index in [2.05, 4.69) is 19.2 Å². The van der Waals surface area contributed by atoms with Gasteiger partial charge in [0.1, 0.15) is 6.61 Å². The summed E-state index contributed by atoms with van der Waals surface area (Å²) in [6, 6.07) is 0. The number of rotatable bonds is 13. The molecule has 0 aromatic carbocycles. The summed E-state index contributed by atoms with van der Waals surface area (Å²) in [6.07, 6.45) is 9.79. The molecule has 0 heterocycles. The Labute approximate surface area is 123 Å². The van der Waals surface area contributed by atoms with Crippen molar-refractivity contribution in [2.45, 2.75) is 78.1 Å². The number of carbonyl (C=O) groups is 2. The van der Waals surface area contributed by atoms with Gasteiger partial charge in [0, 0.05) is 12.8 Å². The highest BCUT2D eigenvalue weighted by molar-refractivity contribution is 5.75. The lowest BCUT2D eigenvalue weighted by Crippen LogP contribution is -2.27. The fourth-order valence-corrected chi connectivity index (χ4v) is 1.92. The summed E-state index contributed by atoms with van der Waals surface area (Å²) >= 11 is 0. The first kappa shape index (κ1) is 18.9. The molecule has 0 radical (unpaired) electrons. The van der Waals surface area contributed by atoms with Gasteiger partial charge in [-0.3, -0.25) is 9.59 Å². The molecule has 0 saturated heterocycles. The third-order valence-electron chi connectivity index (χ3n) is 3.18. The Morgan fingerprint density at radius 3 is 2.05 bits per heavy atom. The van der Waals surface area contributed by atoms with Crippen LogP contribution in [0.5, 0.6) is 0 Å². The monoisotopic (exact) mass is 285 g/mol. The molecule has 0 aliphatic carbocycles. The molecular formula is C16H31NO3. The predicted octanol–water partition coefficient (Wildman–Crippen LogP) is 3.59. The second-order valence-electron chi connectivity index (χ2n) is 5.19. The van der Waals surface area contributed by atoms with Crippen LogP contribution in [0, 0.1) is 0 Å². The van der Waals surface area contributed by atoms with Gasteiger partial charge in [0.25, 0.3) is 0 Å². The number of nitrogens with one attached hydrogen (secondary N) is 1. The van der Waals surface area contributed by atoms with Crippen molar-refractivity contribution in [2.75, 3.05) is 13.2 Å². The average molecular weight is 285 g/mol. The lowest BCUT2D eigenvalue weighted by molar-refractivity contribution is -0.144. The van der Waals surface area contributed by atoms with Crippen LogP contribution >= 0.6 is 0 Å². The van der Waals surface area contributed by atoms with Crippen molar-refractivity contribution in [2.24, 2.45) is 0 Å². The van der Waals surface area contributed by atoms with Crippen LogP contribution in [0.2, 0.25) is 0 Å². The van der Waals surface area contributed by atoms with Crippen molar-refractivity contribution in [3.63, 3.8) is 0 Å². The molecule has 4 nitrogen and oxygen atoms in total. The topological polar surface area (TPSA) is 55.4 Å². The first-order chi connectivity index (χ1) is 9.70. The zero-order chi connectivity index (χ0) is 15.1. The van der Waals surface area contributed by atoms with Crippen LogP contribution in [0.25, 0.3) is 0 Å². The summed E-state index contributed by atoms with van der Waals surface area (Å²) in [5.74, 6) is -0.0987. The zero-order valence-electron chi connectivity index (χ0n) is 13.2. The smallest absolute Gasteiger partial charge is 0.305 e. The van der Waals surface area contributed by atoms with Crippen LogP contribution < -0.4 is 5.32 Å². The lowest BCUT2D eigenvalue weighted by atomic mass is 10.1. The maximum atomic E-state index is 11.4. The van der Waals surface area contributed by atoms with Gasteiger partial charge >= 0.3 is 5.97 Å². The highest BCUT2D eigenvalue weighted by Crippen LogP contribution is 2.03. The number of amides is 1. The summed E-state index contributed by atoms with van der Waals surface area (Å²) in [5.41, 5.74) is 0. The maximum Gasteiger partial charge on any atom is 0.305 e. The first-order valence-electron chi connectivity index (χ1n) is 8.13. The largest absolute Gasteiger partial charge is 0.464 e. The fraction of sp³-hybridized carbons (Fsp3) is 0.875. The van der Waals surface area contributed by atoms with E-state index in [0.29, 0.717) is 19.4 Å². The molecule has 0 fully saturated rings. The summed E-state index contributed by atoms with van der Waals surface area (Å²) in [7, 11) is 0. The molecule has 4 heteroatoms. The van der Waals surface area contributed by atoms with E-state index < -0.39 is 0 Å². The molecule has 0 bridgehead atoms. The normalized spacial score (nSPS) is 10.3. The SMILES string of the molecule is CCCCCCC(=O)NCCOC(=O)CCCCCC. The molecular weight excluding hydrogens is 254 g/mol. The number of ether oxygens (including phenoxy) is 1. The Kier molecular flexibility index (Phi) is 13.6. The molecule has 0 aromatic rings. The molecule has 0 atom stereocenters. The number of carbonyl (C=O) groups excluding carboxylic acids is 2. The van der Waals surface area contributed by atoms with E-state index in [1.807, 2.05) is 0 Å². The average Bonchev–Trinajstić information content (AvgIpc) is 2.44. The molecule has 1 N–H and O–H groups in total. The van der Waals surface area contributed by atoms with Gasteiger partial charge in [-0.05, 0) is 12.8 Å². The van der Waals surface area contributed by atoms with Crippen LogP contribution in [0.1, 0.15) is 78.1 Å². The highest BCUT2D eigenvalue weighted by Gasteiger charge is 2.03. The van der Waals surface area contributed by atoms with Crippen LogP contribution in [-0.4, -0.2) is 25.0 Å². The molecule has 0 aliphatic rings. The van der Waals surface area contributed by atoms with Gasteiger partial charge in [0.05, 0.1) is 6.54 Å². The Balaban J connectivity index is 3.32. The minimum absolute atomic E-state index is 0.0556. The molecule has 0 spiro atoms. The Bertz CT molecular complexity index is 228. The second kappa shape index (κ2) is 14.4. The van der Waals surface area contributed by atoms with Crippen molar-refractivity contribution in [1.82, 2.24) is 5.32 Å². The molecule has 0 aromatic heterocycles. The number of hydrogen-bond acceptors (Lipinski definition) is 3. The molecule has 118 valence electrons. The summed E-state index contributed by atoms with van der Waals surface area (Å²) in [4.78, 5) is 22.8. The Morgan fingerprint density at radius 2 is 1.45 bits per heavy atom. The fourth-order valence-electron chi connectivity index (χ4n) is 1.92. The number of unbranched alkanes of at least 4 members (excludes halogenated alkanes) is 6. The third-order valence-corrected chi connectivity index (χ3v) is 3.18. The molecule has 1 amide bonds. The molecule has 0 aliphatic heterocycles. The van der Waals surface area contributed by atoms with E-state index in [0.717, 1.165) is 25.7 Å². The summed E-state index contributed by atoms with van der Waals surface area (Å²) in [5, 5.41) is 2.78. The molecule has 0 rings (SSSR count). The summed E-state index contributed by atoms with van der Waals surface area (Å²) in [6.45, 7) is 5.00. The van der Waals surface area contributed by atoms with Crippen LogP contribution in [0.15, 0.2) is 0 Å². The van der Waals surface area contributed by atoms with Crippen LogP contribution in [-0.2, 0) is 14.3 Å². The van der Waals surface area contributed by atoms with E-state index in [1.165, 1.54) is 25.7 Å². The Morgan fingerprint density at radius 1 is 0.850 bits per heavy atom. The minimum atomic E-state index is -0.154. The van der Waals surface area contributed by atoms with Crippen molar-refractivity contribution in [3.05, 3.63) is 0 Å². The van der Waals surface area contributed by atoms with Gasteiger partial charge in [-0.1, -0.05) is 52.4 Å². The number of hydrogen-bond donors (Lipinski definition) is 1. The lowest BCUT2D eigenvalue weighted by Gasteiger charge is -2.06. The van der Waals surface area contributed by atoms with E-state index in [-0.39, 0.29) is 18.5 Å². The Hall–Kier alpha value is -1.06. The van der Waals surface area contributed by atoms with Gasteiger partial charge < -0.3 is 10.1 Å². The molecule has 0 unspecified atom stereocenters. The third kappa shape index (κ3) is 13.4. The predicted molar refractivity (Wildman–Crippen MR) is 81.5 cm³/mol. The van der Waals surface area contributed by atoms with E-state index in [4.69, 9.17) is 4.74 Å². The zero-order valence-corrected chi connectivity index (χ0v) is 13.2.